The largest absolute Gasteiger partial charge is 0.489 e. The van der Waals surface area contributed by atoms with Gasteiger partial charge < -0.3 is 19.9 Å². The van der Waals surface area contributed by atoms with E-state index in [0.29, 0.717) is 44.3 Å². The van der Waals surface area contributed by atoms with E-state index in [1.54, 1.807) is 6.07 Å². The van der Waals surface area contributed by atoms with Crippen molar-refractivity contribution in [2.75, 3.05) is 51.3 Å². The lowest BCUT2D eigenvalue weighted by Gasteiger charge is -2.29. The average Bonchev–Trinajstić information content (AvgIpc) is 2.69. The van der Waals surface area contributed by atoms with Gasteiger partial charge in [-0.1, -0.05) is 0 Å². The zero-order valence-corrected chi connectivity index (χ0v) is 18.4. The van der Waals surface area contributed by atoms with E-state index in [1.165, 1.54) is 16.4 Å². The summed E-state index contributed by atoms with van der Waals surface area (Å²) in [6.07, 6.45) is 1.02. The third-order valence-corrected chi connectivity index (χ3v) is 6.94. The number of hydrogen-bond acceptors (Lipinski definition) is 7. The number of carbonyl (C=O) groups is 1. The van der Waals surface area contributed by atoms with Gasteiger partial charge in [0, 0.05) is 19.6 Å². The van der Waals surface area contributed by atoms with Crippen molar-refractivity contribution < 1.29 is 27.8 Å². The fraction of sp³-hybridized carbons (Fsp3) is 0.650. The molecule has 10 heteroatoms. The molecular weight excluding hydrogens is 410 g/mol. The van der Waals surface area contributed by atoms with Gasteiger partial charge in [-0.15, -0.1) is 0 Å². The lowest BCUT2D eigenvalue weighted by Crippen LogP contribution is -2.42. The summed E-state index contributed by atoms with van der Waals surface area (Å²) < 4.78 is 38.4. The lowest BCUT2D eigenvalue weighted by atomic mass is 10.1. The molecule has 2 aliphatic heterocycles. The molecule has 1 aromatic rings. The van der Waals surface area contributed by atoms with Gasteiger partial charge >= 0.3 is 0 Å². The van der Waals surface area contributed by atoms with E-state index in [-0.39, 0.29) is 23.5 Å². The maximum atomic E-state index is 13.0. The Bertz CT molecular complexity index is 839. The monoisotopic (exact) mass is 441 g/mol. The smallest absolute Gasteiger partial charge is 0.243 e. The molecule has 168 valence electrons. The Morgan fingerprint density at radius 3 is 2.70 bits per heavy atom. The molecule has 30 heavy (non-hydrogen) atoms. The standard InChI is InChI=1S/C20H31N3O6S/c1-15(2)29-19-6-5-17(30(26,27)23-8-10-28-11-9-23)12-18(19)21-20(25)14-22-7-3-4-16(24)13-22/h5-6,12,15-16,24H,3-4,7-11,13-14H2,1-2H3,(H,21,25). The number of ether oxygens (including phenoxy) is 2. The van der Waals surface area contributed by atoms with Gasteiger partial charge in [0.2, 0.25) is 15.9 Å². The molecule has 2 saturated heterocycles. The molecule has 3 rings (SSSR count). The Labute approximate surface area is 178 Å². The molecular formula is C20H31N3O6S. The summed E-state index contributed by atoms with van der Waals surface area (Å²) in [6.45, 7) is 6.35. The van der Waals surface area contributed by atoms with Gasteiger partial charge in [0.05, 0.1) is 42.5 Å². The number of amides is 1. The number of rotatable bonds is 7. The van der Waals surface area contributed by atoms with E-state index in [2.05, 4.69) is 5.32 Å². The predicted molar refractivity (Wildman–Crippen MR) is 112 cm³/mol. The molecule has 1 amide bonds. The van der Waals surface area contributed by atoms with Gasteiger partial charge in [-0.05, 0) is 51.4 Å². The Kier molecular flexibility index (Phi) is 7.70. The molecule has 9 nitrogen and oxygen atoms in total. The second-order valence-electron chi connectivity index (χ2n) is 7.92. The summed E-state index contributed by atoms with van der Waals surface area (Å²) in [6, 6.07) is 4.53. The Morgan fingerprint density at radius 2 is 2.03 bits per heavy atom. The first-order chi connectivity index (χ1) is 14.3. The van der Waals surface area contributed by atoms with Gasteiger partial charge in [0.25, 0.3) is 0 Å². The summed E-state index contributed by atoms with van der Waals surface area (Å²) in [5.41, 5.74) is 0.320. The van der Waals surface area contributed by atoms with E-state index in [0.717, 1.165) is 19.4 Å². The quantitative estimate of drug-likeness (QED) is 0.647. The minimum absolute atomic E-state index is 0.101. The number of aliphatic hydroxyl groups is 1. The first-order valence-electron chi connectivity index (χ1n) is 10.3. The topological polar surface area (TPSA) is 108 Å². The molecule has 0 saturated carbocycles. The van der Waals surface area contributed by atoms with Gasteiger partial charge in [-0.2, -0.15) is 4.31 Å². The zero-order chi connectivity index (χ0) is 21.7. The van der Waals surface area contributed by atoms with Gasteiger partial charge in [-0.25, -0.2) is 8.42 Å². The van der Waals surface area contributed by atoms with Crippen molar-refractivity contribution in [3.63, 3.8) is 0 Å². The molecule has 0 bridgehead atoms. The predicted octanol–water partition coefficient (Wildman–Crippen LogP) is 0.890. The van der Waals surface area contributed by atoms with Crippen molar-refractivity contribution in [2.45, 2.75) is 43.8 Å². The van der Waals surface area contributed by atoms with Crippen LogP contribution in [0.2, 0.25) is 0 Å². The normalized spacial score (nSPS) is 21.5. The summed E-state index contributed by atoms with van der Waals surface area (Å²) >= 11 is 0. The van der Waals surface area contributed by atoms with Crippen molar-refractivity contribution in [3.05, 3.63) is 18.2 Å². The minimum Gasteiger partial charge on any atom is -0.489 e. The molecule has 0 aromatic heterocycles. The van der Waals surface area contributed by atoms with Crippen LogP contribution < -0.4 is 10.1 Å². The molecule has 1 aromatic carbocycles. The van der Waals surface area contributed by atoms with Gasteiger partial charge in [-0.3, -0.25) is 9.69 Å². The first-order valence-corrected chi connectivity index (χ1v) is 11.8. The van der Waals surface area contributed by atoms with Crippen LogP contribution in [0, 0.1) is 0 Å². The number of aliphatic hydroxyl groups excluding tert-OH is 1. The highest BCUT2D eigenvalue weighted by molar-refractivity contribution is 7.89. The van der Waals surface area contributed by atoms with Crippen molar-refractivity contribution in [1.82, 2.24) is 9.21 Å². The molecule has 1 atom stereocenters. The van der Waals surface area contributed by atoms with Crippen LogP contribution in [0.5, 0.6) is 5.75 Å². The van der Waals surface area contributed by atoms with E-state index >= 15 is 0 Å². The third kappa shape index (κ3) is 5.92. The number of β-amino-alcohol motifs (C(OH)–C–C–N with tert-alkyl or cyclic N) is 1. The lowest BCUT2D eigenvalue weighted by molar-refractivity contribution is -0.118. The molecule has 2 aliphatic rings. The number of carbonyl (C=O) groups excluding carboxylic acids is 1. The Balaban J connectivity index is 1.79. The molecule has 2 heterocycles. The molecule has 0 radical (unpaired) electrons. The van der Waals surface area contributed by atoms with Crippen LogP contribution in [0.15, 0.2) is 23.1 Å². The summed E-state index contributed by atoms with van der Waals surface area (Å²) in [5.74, 6) is 0.136. The van der Waals surface area contributed by atoms with Crippen LogP contribution in [0.25, 0.3) is 0 Å². The number of sulfonamides is 1. The maximum Gasteiger partial charge on any atom is 0.243 e. The fourth-order valence-corrected chi connectivity index (χ4v) is 5.06. The van der Waals surface area contributed by atoms with Crippen LogP contribution in [0.4, 0.5) is 5.69 Å². The number of benzene rings is 1. The number of morpholine rings is 1. The maximum absolute atomic E-state index is 13.0. The van der Waals surface area contributed by atoms with E-state index < -0.39 is 16.1 Å². The molecule has 1 unspecified atom stereocenters. The van der Waals surface area contributed by atoms with Crippen molar-refractivity contribution in [1.29, 1.82) is 0 Å². The van der Waals surface area contributed by atoms with Crippen LogP contribution in [-0.4, -0.2) is 86.8 Å². The number of piperidine rings is 1. The summed E-state index contributed by atoms with van der Waals surface area (Å²) in [7, 11) is -3.70. The SMILES string of the molecule is CC(C)Oc1ccc(S(=O)(=O)N2CCOCC2)cc1NC(=O)CN1CCCC(O)C1. The van der Waals surface area contributed by atoms with Crippen LogP contribution in [0.3, 0.4) is 0 Å². The Morgan fingerprint density at radius 1 is 1.30 bits per heavy atom. The van der Waals surface area contributed by atoms with Crippen LogP contribution >= 0.6 is 0 Å². The second-order valence-corrected chi connectivity index (χ2v) is 9.86. The Hall–Kier alpha value is -1.72. The number of hydrogen-bond donors (Lipinski definition) is 2. The summed E-state index contributed by atoms with van der Waals surface area (Å²) in [4.78, 5) is 14.6. The first kappa shape index (κ1) is 23.0. The van der Waals surface area contributed by atoms with Crippen molar-refractivity contribution in [2.24, 2.45) is 0 Å². The van der Waals surface area contributed by atoms with Crippen molar-refractivity contribution >= 4 is 21.6 Å². The van der Waals surface area contributed by atoms with Crippen molar-refractivity contribution in [3.8, 4) is 5.75 Å². The number of anilines is 1. The van der Waals surface area contributed by atoms with Crippen LogP contribution in [-0.2, 0) is 19.6 Å². The third-order valence-electron chi connectivity index (χ3n) is 5.04. The van der Waals surface area contributed by atoms with E-state index in [4.69, 9.17) is 9.47 Å². The number of nitrogens with one attached hydrogen (secondary N) is 1. The van der Waals surface area contributed by atoms with E-state index in [1.807, 2.05) is 18.7 Å². The average molecular weight is 442 g/mol. The molecule has 2 N–H and O–H groups in total. The highest BCUT2D eigenvalue weighted by Crippen LogP contribution is 2.30. The molecule has 0 aliphatic carbocycles. The highest BCUT2D eigenvalue weighted by Gasteiger charge is 2.28. The van der Waals surface area contributed by atoms with Gasteiger partial charge in [0.1, 0.15) is 5.75 Å². The van der Waals surface area contributed by atoms with E-state index in [9.17, 15) is 18.3 Å². The van der Waals surface area contributed by atoms with Gasteiger partial charge in [0.15, 0.2) is 0 Å². The zero-order valence-electron chi connectivity index (χ0n) is 17.5. The molecule has 2 fully saturated rings. The second kappa shape index (κ2) is 10.1. The fourth-order valence-electron chi connectivity index (χ4n) is 3.63. The summed E-state index contributed by atoms with van der Waals surface area (Å²) in [5, 5.41) is 12.6. The van der Waals surface area contributed by atoms with Crippen LogP contribution in [0.1, 0.15) is 26.7 Å². The number of likely N-dealkylation sites (tertiary alicyclic amines) is 1. The number of nitrogens with zero attached hydrogens (tertiary/aromatic N) is 2. The molecule has 0 spiro atoms. The highest BCUT2D eigenvalue weighted by atomic mass is 32.2. The minimum atomic E-state index is -3.70.